The highest BCUT2D eigenvalue weighted by atomic mass is 32.1. The van der Waals surface area contributed by atoms with E-state index < -0.39 is 18.1 Å². The van der Waals surface area contributed by atoms with Crippen LogP contribution in [0.1, 0.15) is 6.85 Å². The lowest BCUT2D eigenvalue weighted by Gasteiger charge is -2.11. The lowest BCUT2D eigenvalue weighted by molar-refractivity contribution is 1.02. The van der Waals surface area contributed by atoms with Crippen LogP contribution < -0.4 is 0 Å². The maximum absolute atomic E-state index is 8.92. The second-order valence-electron chi connectivity index (χ2n) is 21.5. The van der Waals surface area contributed by atoms with Crippen molar-refractivity contribution in [3.63, 3.8) is 0 Å². The molecule has 0 radical (unpaired) electrons. The summed E-state index contributed by atoms with van der Waals surface area (Å²) in [5.74, 6) is 1.09. The Morgan fingerprint density at radius 2 is 0.616 bits per heavy atom. The number of thiophene rings is 4. The molecule has 0 aliphatic heterocycles. The second-order valence-corrected chi connectivity index (χ2v) is 25.7. The van der Waals surface area contributed by atoms with Crippen molar-refractivity contribution in [3.05, 3.63) is 255 Å². The summed E-state index contributed by atoms with van der Waals surface area (Å²) in [6.45, 7) is 0. The van der Waals surface area contributed by atoms with Crippen LogP contribution in [-0.4, -0.2) is 29.1 Å². The molecule has 86 heavy (non-hydrogen) atoms. The molecule has 0 amide bonds. The molecule has 0 saturated heterocycles. The fraction of sp³-hybridized carbons (Fsp3) is 0. The number of rotatable bonds is 4. The van der Waals surface area contributed by atoms with Crippen molar-refractivity contribution in [2.24, 2.45) is 0 Å². The summed E-state index contributed by atoms with van der Waals surface area (Å²) in [5, 5.41) is 16.5. The molecular weight excluding hydrogens is 1130 g/mol. The van der Waals surface area contributed by atoms with E-state index in [9.17, 15) is 0 Å². The third-order valence-electron chi connectivity index (χ3n) is 16.9. The van der Waals surface area contributed by atoms with E-state index in [1.54, 1.807) is 22.7 Å². The fourth-order valence-electron chi connectivity index (χ4n) is 13.4. The quantitative estimate of drug-likeness (QED) is 0.176. The predicted octanol–water partition coefficient (Wildman–Crippen LogP) is 22.3. The normalized spacial score (nSPS) is 13.0. The Kier molecular flexibility index (Phi) is 9.42. The van der Waals surface area contributed by atoms with Gasteiger partial charge in [-0.2, -0.15) is 0 Å². The minimum absolute atomic E-state index is 0.0689. The van der Waals surface area contributed by atoms with Gasteiger partial charge in [0.1, 0.15) is 0 Å². The summed E-state index contributed by atoms with van der Waals surface area (Å²) in [7, 11) is 0. The molecule has 6 nitrogen and oxygen atoms in total. The molecule has 20 aromatic rings. The van der Waals surface area contributed by atoms with Gasteiger partial charge in [0, 0.05) is 83.8 Å². The average molecular weight is 1170 g/mol. The van der Waals surface area contributed by atoms with E-state index in [0.717, 1.165) is 69.0 Å². The molecule has 400 valence electrons. The van der Waals surface area contributed by atoms with Crippen molar-refractivity contribution in [1.29, 1.82) is 0 Å². The number of nitrogens with zero attached hydrogens (tertiary/aromatic N) is 6. The summed E-state index contributed by atoms with van der Waals surface area (Å²) in [6, 6.07) is 76.9. The Labute approximate surface area is 513 Å². The predicted molar refractivity (Wildman–Crippen MR) is 370 cm³/mol. The van der Waals surface area contributed by atoms with Gasteiger partial charge in [-0.05, 0) is 57.9 Å². The molecule has 10 heteroatoms. The molecule has 8 aromatic heterocycles. The standard InChI is InChI=1S/2C38H21N3S2/c2*1-2-12-22(13-3-1)33-37-34(27-18-8-11-21-30(27)43-37)40-38(39-33)41-28-19-9-6-16-25(28)31-23-14-4-5-15-24(23)32-26-17-7-10-20-29(26)42-36(32)35(31)41/h2*1-21H/i1D,2D,3D,12D,13D;. The SMILES string of the molecule is [2H]c1c([2H])c([2H])c(-c2nc(-n3c4ccccc4c4c5ccccc5c5c6ccccc6sc5c43)nc3c2sc2ccccc23)c([2H])c1[2H].c1ccc(-c2nc(-n3c4ccccc4c4c5ccccc5c5c6ccccc6sc5c43)nc3c2sc2ccccc23)cc1. The van der Waals surface area contributed by atoms with E-state index >= 15 is 0 Å². The molecule has 12 aromatic carbocycles. The zero-order valence-electron chi connectivity index (χ0n) is 50.2. The fourth-order valence-corrected chi connectivity index (χ4v) is 18.2. The van der Waals surface area contributed by atoms with Crippen LogP contribution >= 0.6 is 45.3 Å². The van der Waals surface area contributed by atoms with Crippen LogP contribution in [0.25, 0.3) is 181 Å². The van der Waals surface area contributed by atoms with Gasteiger partial charge in [0.2, 0.25) is 11.9 Å². The summed E-state index contributed by atoms with van der Waals surface area (Å²) in [5.41, 5.74) is 8.35. The summed E-state index contributed by atoms with van der Waals surface area (Å²) < 4.78 is 56.3. The first-order chi connectivity index (χ1) is 44.8. The number of aromatic nitrogens is 6. The Morgan fingerprint density at radius 1 is 0.279 bits per heavy atom. The van der Waals surface area contributed by atoms with Crippen LogP contribution in [0.15, 0.2) is 255 Å². The smallest absolute Gasteiger partial charge is 0.235 e. The summed E-state index contributed by atoms with van der Waals surface area (Å²) >= 11 is 6.85. The highest BCUT2D eigenvalue weighted by molar-refractivity contribution is 7.28. The average Bonchev–Trinajstić information content (AvgIpc) is 1.57. The Hall–Kier alpha value is -10.2. The molecular formula is C76H42N6S4. The van der Waals surface area contributed by atoms with Gasteiger partial charge >= 0.3 is 0 Å². The zero-order chi connectivity index (χ0) is 60.5. The first-order valence-corrected chi connectivity index (χ1v) is 31.6. The first kappa shape index (κ1) is 43.4. The van der Waals surface area contributed by atoms with Crippen LogP contribution in [0.2, 0.25) is 0 Å². The van der Waals surface area contributed by atoms with Crippen LogP contribution in [0.5, 0.6) is 0 Å². The van der Waals surface area contributed by atoms with Crippen molar-refractivity contribution < 1.29 is 6.85 Å². The maximum atomic E-state index is 8.92. The molecule has 0 bridgehead atoms. The van der Waals surface area contributed by atoms with Gasteiger partial charge in [0.25, 0.3) is 0 Å². The molecule has 0 fully saturated rings. The van der Waals surface area contributed by atoms with Crippen LogP contribution in [0.3, 0.4) is 0 Å². The topological polar surface area (TPSA) is 61.4 Å². The van der Waals surface area contributed by atoms with Crippen molar-refractivity contribution in [2.45, 2.75) is 0 Å². The van der Waals surface area contributed by atoms with Gasteiger partial charge < -0.3 is 0 Å². The Morgan fingerprint density at radius 3 is 1.07 bits per heavy atom. The zero-order valence-corrected chi connectivity index (χ0v) is 48.4. The molecule has 8 heterocycles. The number of benzene rings is 12. The van der Waals surface area contributed by atoms with Crippen molar-refractivity contribution in [3.8, 4) is 34.4 Å². The van der Waals surface area contributed by atoms with E-state index in [2.05, 4.69) is 197 Å². The largest absolute Gasteiger partial charge is 0.276 e. The molecule has 20 rings (SSSR count). The monoisotopic (exact) mass is 1170 g/mol. The van der Waals surface area contributed by atoms with Crippen molar-refractivity contribution in [2.75, 3.05) is 0 Å². The van der Waals surface area contributed by atoms with Crippen molar-refractivity contribution in [1.82, 2.24) is 29.1 Å². The van der Waals surface area contributed by atoms with Gasteiger partial charge in [-0.25, -0.2) is 19.9 Å². The number of hydrogen-bond acceptors (Lipinski definition) is 8. The third-order valence-corrected chi connectivity index (χ3v) is 21.6. The minimum Gasteiger partial charge on any atom is -0.276 e. The van der Waals surface area contributed by atoms with Gasteiger partial charge in [-0.1, -0.05) is 218 Å². The summed E-state index contributed by atoms with van der Waals surface area (Å²) in [6.07, 6.45) is 0. The second kappa shape index (κ2) is 18.6. The van der Waals surface area contributed by atoms with Crippen molar-refractivity contribution >= 4 is 191 Å². The van der Waals surface area contributed by atoms with E-state index in [0.29, 0.717) is 27.8 Å². The highest BCUT2D eigenvalue weighted by Crippen LogP contribution is 2.51. The lowest BCUT2D eigenvalue weighted by atomic mass is 9.99. The van der Waals surface area contributed by atoms with Gasteiger partial charge in [-0.3, -0.25) is 9.13 Å². The van der Waals surface area contributed by atoms with E-state index in [1.165, 1.54) is 89.5 Å². The van der Waals surface area contributed by atoms with E-state index in [4.69, 9.17) is 26.8 Å². The minimum atomic E-state index is -0.433. The molecule has 0 aliphatic rings. The number of hydrogen-bond donors (Lipinski definition) is 0. The van der Waals surface area contributed by atoms with E-state index in [-0.39, 0.29) is 17.6 Å². The summed E-state index contributed by atoms with van der Waals surface area (Å²) in [4.78, 5) is 21.3. The first-order valence-electron chi connectivity index (χ1n) is 30.8. The Bertz CT molecular complexity index is 6530. The van der Waals surface area contributed by atoms with Crippen LogP contribution in [0.4, 0.5) is 0 Å². The molecule has 0 spiro atoms. The third kappa shape index (κ3) is 6.92. The van der Waals surface area contributed by atoms with Crippen LogP contribution in [-0.2, 0) is 0 Å². The van der Waals surface area contributed by atoms with Gasteiger partial charge in [0.15, 0.2) is 0 Å². The molecule has 0 atom stereocenters. The number of para-hydroxylation sites is 2. The van der Waals surface area contributed by atoms with E-state index in [1.807, 2.05) is 47.7 Å². The van der Waals surface area contributed by atoms with Crippen LogP contribution in [0, 0.1) is 0 Å². The molecule has 0 saturated carbocycles. The maximum Gasteiger partial charge on any atom is 0.235 e. The molecule has 0 N–H and O–H groups in total. The Balaban J connectivity index is 0.000000131. The molecule has 0 aliphatic carbocycles. The highest BCUT2D eigenvalue weighted by Gasteiger charge is 2.27. The molecule has 0 unspecified atom stereocenters. The van der Waals surface area contributed by atoms with Gasteiger partial charge in [-0.15, -0.1) is 45.3 Å². The lowest BCUT2D eigenvalue weighted by Crippen LogP contribution is -2.02. The van der Waals surface area contributed by atoms with Gasteiger partial charge in [0.05, 0.1) is 70.1 Å². The number of fused-ring (bicyclic) bond motifs is 26.